The summed E-state index contributed by atoms with van der Waals surface area (Å²) in [6.07, 6.45) is 0.0401. The topological polar surface area (TPSA) is 53.0 Å². The molecule has 1 N–H and O–H groups in total. The third kappa shape index (κ3) is 1.71. The first-order chi connectivity index (χ1) is 8.68. The number of carbonyl (C=O) groups is 1. The van der Waals surface area contributed by atoms with Crippen molar-refractivity contribution in [1.29, 1.82) is 0 Å². The smallest absolute Gasteiger partial charge is 0.227 e. The van der Waals surface area contributed by atoms with Gasteiger partial charge in [-0.25, -0.2) is 0 Å². The Morgan fingerprint density at radius 2 is 2.11 bits per heavy atom. The van der Waals surface area contributed by atoms with E-state index >= 15 is 0 Å². The minimum atomic E-state index is -0.311. The molecule has 18 heavy (non-hydrogen) atoms. The molecule has 1 aromatic rings. The highest BCUT2D eigenvalue weighted by atomic mass is 16.5. The lowest BCUT2D eigenvalue weighted by Crippen LogP contribution is -2.41. The van der Waals surface area contributed by atoms with Gasteiger partial charge in [-0.3, -0.25) is 4.79 Å². The summed E-state index contributed by atoms with van der Waals surface area (Å²) in [7, 11) is 1.58. The molecule has 2 aliphatic rings. The van der Waals surface area contributed by atoms with Gasteiger partial charge in [-0.15, -0.1) is 0 Å². The molecule has 0 aliphatic carbocycles. The van der Waals surface area contributed by atoms with Crippen molar-refractivity contribution in [2.24, 2.45) is 0 Å². The lowest BCUT2D eigenvalue weighted by Gasteiger charge is -2.25. The number of hydrogen-bond acceptors (Lipinski definition) is 4. The third-order valence-corrected chi connectivity index (χ3v) is 3.72. The van der Waals surface area contributed by atoms with Gasteiger partial charge in [-0.1, -0.05) is 30.3 Å². The van der Waals surface area contributed by atoms with Gasteiger partial charge in [0.05, 0.1) is 18.7 Å². The number of likely N-dealkylation sites (N-methyl/N-ethyl adjacent to an activating group) is 1. The summed E-state index contributed by atoms with van der Waals surface area (Å²) in [5, 5.41) is 10.7. The summed E-state index contributed by atoms with van der Waals surface area (Å²) >= 11 is 0. The number of nitrogens with zero attached hydrogens (tertiary/aromatic N) is 2. The molecule has 5 heteroatoms. The fourth-order valence-electron chi connectivity index (χ4n) is 2.81. The van der Waals surface area contributed by atoms with Crippen LogP contribution in [0, 0.1) is 0 Å². The van der Waals surface area contributed by atoms with Gasteiger partial charge in [0.1, 0.15) is 0 Å². The Bertz CT molecular complexity index is 449. The molecule has 3 atom stereocenters. The summed E-state index contributed by atoms with van der Waals surface area (Å²) < 4.78 is 5.72. The number of fused-ring (bicyclic) bond motifs is 1. The van der Waals surface area contributed by atoms with Crippen LogP contribution >= 0.6 is 0 Å². The Labute approximate surface area is 106 Å². The first-order valence-corrected chi connectivity index (χ1v) is 6.08. The maximum Gasteiger partial charge on any atom is 0.227 e. The molecule has 1 amide bonds. The Hall–Kier alpha value is -1.43. The molecule has 0 saturated carbocycles. The standard InChI is InChI=1S/C13H16N2O3/c1-14(17)10-7-12(16)15-11(10)8-18-13(15)9-5-3-2-4-6-9/h2-6,10-11,13,17H,7-8H2,1H3/t10-,11+,13+/m0/s1. The number of carbonyl (C=O) groups excluding carboxylic acids is 1. The van der Waals surface area contributed by atoms with Crippen molar-refractivity contribution in [1.82, 2.24) is 9.96 Å². The van der Waals surface area contributed by atoms with Gasteiger partial charge in [0, 0.05) is 19.0 Å². The van der Waals surface area contributed by atoms with Crippen LogP contribution in [0.25, 0.3) is 0 Å². The lowest BCUT2D eigenvalue weighted by atomic mass is 10.1. The molecule has 5 nitrogen and oxygen atoms in total. The average molecular weight is 248 g/mol. The van der Waals surface area contributed by atoms with Crippen LogP contribution < -0.4 is 0 Å². The normalized spacial score (nSPS) is 31.2. The number of benzene rings is 1. The van der Waals surface area contributed by atoms with Gasteiger partial charge >= 0.3 is 0 Å². The maximum atomic E-state index is 12.1. The van der Waals surface area contributed by atoms with Crippen molar-refractivity contribution < 1.29 is 14.7 Å². The van der Waals surface area contributed by atoms with E-state index in [1.54, 1.807) is 11.9 Å². The first-order valence-electron chi connectivity index (χ1n) is 6.08. The van der Waals surface area contributed by atoms with Gasteiger partial charge in [0.2, 0.25) is 5.91 Å². The van der Waals surface area contributed by atoms with Gasteiger partial charge < -0.3 is 14.8 Å². The second-order valence-electron chi connectivity index (χ2n) is 4.81. The molecule has 0 spiro atoms. The van der Waals surface area contributed by atoms with Crippen LogP contribution in [0.3, 0.4) is 0 Å². The quantitative estimate of drug-likeness (QED) is 0.793. The molecule has 0 aromatic heterocycles. The Balaban J connectivity index is 1.88. The van der Waals surface area contributed by atoms with Gasteiger partial charge in [-0.05, 0) is 0 Å². The van der Waals surface area contributed by atoms with Crippen molar-refractivity contribution in [3.63, 3.8) is 0 Å². The van der Waals surface area contributed by atoms with E-state index in [0.29, 0.717) is 13.0 Å². The summed E-state index contributed by atoms with van der Waals surface area (Å²) in [6, 6.07) is 9.48. The largest absolute Gasteiger partial charge is 0.352 e. The van der Waals surface area contributed by atoms with Gasteiger partial charge in [-0.2, -0.15) is 5.06 Å². The minimum absolute atomic E-state index is 0.0391. The minimum Gasteiger partial charge on any atom is -0.352 e. The summed E-state index contributed by atoms with van der Waals surface area (Å²) in [4.78, 5) is 13.8. The fourth-order valence-corrected chi connectivity index (χ4v) is 2.81. The van der Waals surface area contributed by atoms with E-state index in [2.05, 4.69) is 0 Å². The van der Waals surface area contributed by atoms with Crippen LogP contribution in [0.1, 0.15) is 18.2 Å². The first kappa shape index (κ1) is 11.6. The molecule has 2 saturated heterocycles. The molecule has 1 aromatic carbocycles. The molecule has 2 fully saturated rings. The van der Waals surface area contributed by atoms with Gasteiger partial charge in [0.25, 0.3) is 0 Å². The number of ether oxygens (including phenoxy) is 1. The molecule has 96 valence electrons. The van der Waals surface area contributed by atoms with E-state index in [-0.39, 0.29) is 24.2 Å². The zero-order valence-electron chi connectivity index (χ0n) is 10.2. The zero-order valence-corrected chi connectivity index (χ0v) is 10.2. The molecule has 3 rings (SSSR count). The maximum absolute atomic E-state index is 12.1. The van der Waals surface area contributed by atoms with E-state index in [1.165, 1.54) is 0 Å². The number of hydrogen-bond donors (Lipinski definition) is 1. The highest BCUT2D eigenvalue weighted by Gasteiger charge is 2.50. The Kier molecular flexibility index (Phi) is 2.81. The van der Waals surface area contributed by atoms with E-state index in [4.69, 9.17) is 4.74 Å². The van der Waals surface area contributed by atoms with Crippen LogP contribution in [-0.4, -0.2) is 46.8 Å². The van der Waals surface area contributed by atoms with E-state index in [9.17, 15) is 10.0 Å². The molecular weight excluding hydrogens is 232 g/mol. The highest BCUT2D eigenvalue weighted by Crippen LogP contribution is 2.38. The summed E-state index contributed by atoms with van der Waals surface area (Å²) in [5.41, 5.74) is 0.981. The SMILES string of the molecule is CN(O)[C@H]1CC(=O)N2[C@@H](c3ccccc3)OC[C@H]12. The molecule has 0 unspecified atom stereocenters. The predicted octanol–water partition coefficient (Wildman–Crippen LogP) is 1.01. The molecular formula is C13H16N2O3. The van der Waals surface area contributed by atoms with E-state index in [1.807, 2.05) is 30.3 Å². The fraction of sp³-hybridized carbons (Fsp3) is 0.462. The Morgan fingerprint density at radius 1 is 1.39 bits per heavy atom. The number of hydroxylamine groups is 2. The predicted molar refractivity (Wildman–Crippen MR) is 63.7 cm³/mol. The van der Waals surface area contributed by atoms with Gasteiger partial charge in [0.15, 0.2) is 6.23 Å². The monoisotopic (exact) mass is 248 g/mol. The highest BCUT2D eigenvalue weighted by molar-refractivity contribution is 5.80. The van der Waals surface area contributed by atoms with E-state index in [0.717, 1.165) is 10.6 Å². The average Bonchev–Trinajstić information content (AvgIpc) is 2.92. The van der Waals surface area contributed by atoms with Crippen LogP contribution in [-0.2, 0) is 9.53 Å². The zero-order chi connectivity index (χ0) is 12.7. The number of rotatable bonds is 2. The lowest BCUT2D eigenvalue weighted by molar-refractivity contribution is -0.134. The van der Waals surface area contributed by atoms with E-state index < -0.39 is 0 Å². The molecule has 0 bridgehead atoms. The van der Waals surface area contributed by atoms with Crippen molar-refractivity contribution in [3.05, 3.63) is 35.9 Å². The van der Waals surface area contributed by atoms with Crippen molar-refractivity contribution >= 4 is 5.91 Å². The number of amides is 1. The Morgan fingerprint density at radius 3 is 2.78 bits per heavy atom. The van der Waals surface area contributed by atoms with Crippen molar-refractivity contribution in [2.75, 3.05) is 13.7 Å². The molecule has 2 heterocycles. The van der Waals surface area contributed by atoms with Crippen LogP contribution in [0.5, 0.6) is 0 Å². The summed E-state index contributed by atoms with van der Waals surface area (Å²) in [6.45, 7) is 0.473. The second-order valence-corrected chi connectivity index (χ2v) is 4.81. The van der Waals surface area contributed by atoms with Crippen molar-refractivity contribution in [3.8, 4) is 0 Å². The van der Waals surface area contributed by atoms with Crippen LogP contribution in [0.15, 0.2) is 30.3 Å². The summed E-state index contributed by atoms with van der Waals surface area (Å²) in [5.74, 6) is 0.0391. The molecule has 2 aliphatic heterocycles. The molecule has 0 radical (unpaired) electrons. The second kappa shape index (κ2) is 4.35. The van der Waals surface area contributed by atoms with Crippen molar-refractivity contribution in [2.45, 2.75) is 24.7 Å². The van der Waals surface area contributed by atoms with Crippen LogP contribution in [0.4, 0.5) is 0 Å². The third-order valence-electron chi connectivity index (χ3n) is 3.72. The van der Waals surface area contributed by atoms with Crippen LogP contribution in [0.2, 0.25) is 0 Å².